The van der Waals surface area contributed by atoms with E-state index in [1.807, 2.05) is 24.3 Å². The lowest BCUT2D eigenvalue weighted by Gasteiger charge is -2.05. The summed E-state index contributed by atoms with van der Waals surface area (Å²) in [5.74, 6) is 0. The first-order valence-electron chi connectivity index (χ1n) is 4.11. The summed E-state index contributed by atoms with van der Waals surface area (Å²) in [7, 11) is 0. The van der Waals surface area contributed by atoms with Crippen molar-refractivity contribution in [1.82, 2.24) is 0 Å². The van der Waals surface area contributed by atoms with Crippen molar-refractivity contribution in [1.29, 1.82) is 5.26 Å². The van der Waals surface area contributed by atoms with Crippen LogP contribution in [0, 0.1) is 11.3 Å². The number of benzene rings is 2. The third-order valence-electron chi connectivity index (χ3n) is 2.16. The Labute approximate surface area is 90.1 Å². The second-order valence-electron chi connectivity index (χ2n) is 2.98. The molecule has 0 saturated carbocycles. The summed E-state index contributed by atoms with van der Waals surface area (Å²) >= 11 is 3.33. The van der Waals surface area contributed by atoms with Gasteiger partial charge in [-0.1, -0.05) is 24.3 Å². The maximum Gasteiger partial charge on any atom is 0.0998 e. The molecule has 14 heavy (non-hydrogen) atoms. The molecule has 0 aliphatic heterocycles. The first kappa shape index (κ1) is 9.04. The number of halogens is 1. The molecular formula is C11H7BrN2. The maximum absolute atomic E-state index is 8.94. The van der Waals surface area contributed by atoms with Crippen LogP contribution in [0.25, 0.3) is 10.8 Å². The van der Waals surface area contributed by atoms with Crippen molar-refractivity contribution >= 4 is 32.4 Å². The zero-order valence-electron chi connectivity index (χ0n) is 7.29. The minimum Gasteiger partial charge on any atom is -0.397 e. The number of hydrogen-bond acceptors (Lipinski definition) is 2. The molecule has 0 radical (unpaired) electrons. The summed E-state index contributed by atoms with van der Waals surface area (Å²) in [6, 6.07) is 11.5. The van der Waals surface area contributed by atoms with Crippen LogP contribution in [0.1, 0.15) is 5.56 Å². The summed E-state index contributed by atoms with van der Waals surface area (Å²) in [4.78, 5) is 0. The SMILES string of the molecule is N#Cc1cc(Br)c(N)c2ccccc12. The summed E-state index contributed by atoms with van der Waals surface area (Å²) < 4.78 is 0.771. The molecule has 0 heterocycles. The van der Waals surface area contributed by atoms with Crippen LogP contribution in [-0.2, 0) is 0 Å². The van der Waals surface area contributed by atoms with Gasteiger partial charge in [0, 0.05) is 15.2 Å². The van der Waals surface area contributed by atoms with Gasteiger partial charge in [-0.2, -0.15) is 5.26 Å². The smallest absolute Gasteiger partial charge is 0.0998 e. The summed E-state index contributed by atoms with van der Waals surface area (Å²) in [5, 5.41) is 10.8. The molecule has 2 aromatic rings. The van der Waals surface area contributed by atoms with Crippen LogP contribution in [-0.4, -0.2) is 0 Å². The molecule has 2 nitrogen and oxygen atoms in total. The molecule has 0 unspecified atom stereocenters. The highest BCUT2D eigenvalue weighted by molar-refractivity contribution is 9.10. The molecule has 68 valence electrons. The molecule has 0 amide bonds. The van der Waals surface area contributed by atoms with Crippen molar-refractivity contribution < 1.29 is 0 Å². The van der Waals surface area contributed by atoms with Gasteiger partial charge in [0.25, 0.3) is 0 Å². The van der Waals surface area contributed by atoms with Crippen molar-refractivity contribution in [2.24, 2.45) is 0 Å². The third kappa shape index (κ3) is 1.24. The van der Waals surface area contributed by atoms with Gasteiger partial charge in [-0.25, -0.2) is 0 Å². The van der Waals surface area contributed by atoms with Crippen molar-refractivity contribution in [3.63, 3.8) is 0 Å². The molecule has 0 atom stereocenters. The highest BCUT2D eigenvalue weighted by atomic mass is 79.9. The van der Waals surface area contributed by atoms with Crippen molar-refractivity contribution in [3.8, 4) is 6.07 Å². The maximum atomic E-state index is 8.94. The largest absolute Gasteiger partial charge is 0.397 e. The average Bonchev–Trinajstić information content (AvgIpc) is 2.23. The second kappa shape index (κ2) is 3.32. The average molecular weight is 247 g/mol. The molecule has 0 saturated heterocycles. The fourth-order valence-corrected chi connectivity index (χ4v) is 1.90. The number of fused-ring (bicyclic) bond motifs is 1. The van der Waals surface area contributed by atoms with Gasteiger partial charge in [-0.15, -0.1) is 0 Å². The Morgan fingerprint density at radius 2 is 1.86 bits per heavy atom. The van der Waals surface area contributed by atoms with E-state index in [4.69, 9.17) is 11.0 Å². The van der Waals surface area contributed by atoms with E-state index in [2.05, 4.69) is 22.0 Å². The van der Waals surface area contributed by atoms with Gasteiger partial charge in [0.15, 0.2) is 0 Å². The highest BCUT2D eigenvalue weighted by Crippen LogP contribution is 2.31. The number of hydrogen-bond donors (Lipinski definition) is 1. The number of anilines is 1. The van der Waals surface area contributed by atoms with Crippen molar-refractivity contribution in [2.75, 3.05) is 5.73 Å². The second-order valence-corrected chi connectivity index (χ2v) is 3.83. The first-order valence-corrected chi connectivity index (χ1v) is 4.90. The molecule has 0 aliphatic carbocycles. The molecule has 0 spiro atoms. The lowest BCUT2D eigenvalue weighted by molar-refractivity contribution is 1.50. The fraction of sp³-hybridized carbons (Fsp3) is 0. The van der Waals surface area contributed by atoms with Gasteiger partial charge >= 0.3 is 0 Å². The first-order chi connectivity index (χ1) is 6.74. The van der Waals surface area contributed by atoms with Crippen molar-refractivity contribution in [3.05, 3.63) is 40.4 Å². The Kier molecular flexibility index (Phi) is 2.14. The van der Waals surface area contributed by atoms with Crippen LogP contribution in [0.5, 0.6) is 0 Å². The van der Waals surface area contributed by atoms with E-state index in [1.54, 1.807) is 6.07 Å². The van der Waals surface area contributed by atoms with Gasteiger partial charge in [-0.05, 0) is 22.0 Å². The minimum absolute atomic E-state index is 0.640. The monoisotopic (exact) mass is 246 g/mol. The predicted octanol–water partition coefficient (Wildman–Crippen LogP) is 3.06. The van der Waals surface area contributed by atoms with E-state index >= 15 is 0 Å². The van der Waals surface area contributed by atoms with Gasteiger partial charge in [0.1, 0.15) is 0 Å². The Bertz CT molecular complexity index is 541. The van der Waals surface area contributed by atoms with E-state index in [0.717, 1.165) is 15.2 Å². The number of nitrogens with two attached hydrogens (primary N) is 1. The Morgan fingerprint density at radius 3 is 2.50 bits per heavy atom. The summed E-state index contributed by atoms with van der Waals surface area (Å²) in [6.07, 6.45) is 0. The highest BCUT2D eigenvalue weighted by Gasteiger charge is 2.06. The van der Waals surface area contributed by atoms with Crippen molar-refractivity contribution in [2.45, 2.75) is 0 Å². The predicted molar refractivity (Wildman–Crippen MR) is 60.8 cm³/mol. The fourth-order valence-electron chi connectivity index (χ4n) is 1.46. The van der Waals surface area contributed by atoms with Crippen LogP contribution >= 0.6 is 15.9 Å². The van der Waals surface area contributed by atoms with E-state index in [9.17, 15) is 0 Å². The lowest BCUT2D eigenvalue weighted by atomic mass is 10.0. The summed E-state index contributed by atoms with van der Waals surface area (Å²) in [6.45, 7) is 0. The third-order valence-corrected chi connectivity index (χ3v) is 2.81. The molecule has 2 N–H and O–H groups in total. The topological polar surface area (TPSA) is 49.8 Å². The lowest BCUT2D eigenvalue weighted by Crippen LogP contribution is -1.91. The number of rotatable bonds is 0. The normalized spacial score (nSPS) is 10.0. The quantitative estimate of drug-likeness (QED) is 0.727. The minimum atomic E-state index is 0.640. The summed E-state index contributed by atoms with van der Waals surface area (Å²) in [5.41, 5.74) is 7.21. The molecule has 3 heteroatoms. The molecule has 0 fully saturated rings. The van der Waals surface area contributed by atoms with E-state index < -0.39 is 0 Å². The number of nitrogen functional groups attached to an aromatic ring is 1. The van der Waals surface area contributed by atoms with E-state index in [0.29, 0.717) is 11.3 Å². The van der Waals surface area contributed by atoms with E-state index in [-0.39, 0.29) is 0 Å². The zero-order chi connectivity index (χ0) is 10.1. The Hall–Kier alpha value is -1.53. The molecular weight excluding hydrogens is 240 g/mol. The van der Waals surface area contributed by atoms with Gasteiger partial charge in [-0.3, -0.25) is 0 Å². The standard InChI is InChI=1S/C11H7BrN2/c12-10-5-7(6-13)8-3-1-2-4-9(8)11(10)14/h1-5H,14H2. The van der Waals surface area contributed by atoms with Gasteiger partial charge < -0.3 is 5.73 Å². The van der Waals surface area contributed by atoms with Crippen LogP contribution < -0.4 is 5.73 Å². The molecule has 2 aromatic carbocycles. The number of nitrogens with zero attached hydrogens (tertiary/aromatic N) is 1. The van der Waals surface area contributed by atoms with E-state index in [1.165, 1.54) is 0 Å². The molecule has 0 aliphatic rings. The zero-order valence-corrected chi connectivity index (χ0v) is 8.88. The van der Waals surface area contributed by atoms with Crippen LogP contribution in [0.4, 0.5) is 5.69 Å². The van der Waals surface area contributed by atoms with Crippen LogP contribution in [0.2, 0.25) is 0 Å². The Morgan fingerprint density at radius 1 is 1.21 bits per heavy atom. The van der Waals surface area contributed by atoms with Crippen LogP contribution in [0.15, 0.2) is 34.8 Å². The molecule has 0 aromatic heterocycles. The molecule has 2 rings (SSSR count). The van der Waals surface area contributed by atoms with Gasteiger partial charge in [0.2, 0.25) is 0 Å². The number of nitriles is 1. The van der Waals surface area contributed by atoms with Crippen LogP contribution in [0.3, 0.4) is 0 Å². The molecule has 0 bridgehead atoms. The van der Waals surface area contributed by atoms with Gasteiger partial charge in [0.05, 0.1) is 17.3 Å². The Balaban J connectivity index is 2.99.